The van der Waals surface area contributed by atoms with Gasteiger partial charge in [-0.2, -0.15) is 0 Å². The van der Waals surface area contributed by atoms with Crippen LogP contribution in [0.1, 0.15) is 12.0 Å². The van der Waals surface area contributed by atoms with Crippen molar-refractivity contribution < 1.29 is 17.6 Å². The maximum Gasteiger partial charge on any atom is 0.239 e. The second kappa shape index (κ2) is 7.20. The Hall–Kier alpha value is -1.18. The van der Waals surface area contributed by atoms with E-state index in [2.05, 4.69) is 0 Å². The Kier molecular flexibility index (Phi) is 6.12. The number of carbonyl (C=O) groups is 1. The van der Waals surface area contributed by atoms with E-state index in [0.29, 0.717) is 5.56 Å². The Morgan fingerprint density at radius 3 is 2.62 bits per heavy atom. The van der Waals surface area contributed by atoms with E-state index in [9.17, 15) is 17.6 Å². The zero-order valence-corrected chi connectivity index (χ0v) is 13.4. The Labute approximate surface area is 128 Å². The molecule has 1 atom stereocenters. The maximum atomic E-state index is 12.9. The molecule has 0 aliphatic heterocycles. The molecule has 0 radical (unpaired) electrons. The molecule has 1 aromatic carbocycles. The third-order valence-electron chi connectivity index (χ3n) is 2.92. The van der Waals surface area contributed by atoms with E-state index in [-0.39, 0.29) is 29.6 Å². The molecule has 0 saturated heterocycles. The lowest BCUT2D eigenvalue weighted by atomic mass is 10.1. The van der Waals surface area contributed by atoms with Crippen molar-refractivity contribution in [3.8, 4) is 0 Å². The van der Waals surface area contributed by atoms with Crippen LogP contribution in [0.3, 0.4) is 0 Å². The summed E-state index contributed by atoms with van der Waals surface area (Å²) in [5, 5.41) is 0.222. The molecule has 2 N–H and O–H groups in total. The van der Waals surface area contributed by atoms with Gasteiger partial charge in [0.25, 0.3) is 0 Å². The SMILES string of the molecule is CN(Cc1ccc(F)cc1Cl)C(=O)[C@H](N)CCS(C)(=O)=O. The van der Waals surface area contributed by atoms with E-state index in [0.717, 1.165) is 6.26 Å². The Bertz CT molecular complexity index is 622. The highest BCUT2D eigenvalue weighted by molar-refractivity contribution is 7.90. The first kappa shape index (κ1) is 17.9. The third kappa shape index (κ3) is 5.99. The summed E-state index contributed by atoms with van der Waals surface area (Å²) < 4.78 is 35.1. The van der Waals surface area contributed by atoms with Crippen LogP contribution in [0.5, 0.6) is 0 Å². The number of sulfone groups is 1. The minimum atomic E-state index is -3.16. The third-order valence-corrected chi connectivity index (χ3v) is 4.24. The van der Waals surface area contributed by atoms with Crippen LogP contribution >= 0.6 is 11.6 Å². The van der Waals surface area contributed by atoms with Crippen LogP contribution in [0.15, 0.2) is 18.2 Å². The fraction of sp³-hybridized carbons (Fsp3) is 0.462. The van der Waals surface area contributed by atoms with E-state index < -0.39 is 21.7 Å². The fourth-order valence-corrected chi connectivity index (χ4v) is 2.64. The van der Waals surface area contributed by atoms with Crippen molar-refractivity contribution in [1.29, 1.82) is 0 Å². The summed E-state index contributed by atoms with van der Waals surface area (Å²) in [7, 11) is -1.63. The Morgan fingerprint density at radius 1 is 1.48 bits per heavy atom. The van der Waals surface area contributed by atoms with Crippen LogP contribution in [0, 0.1) is 5.82 Å². The van der Waals surface area contributed by atoms with Gasteiger partial charge in [-0.3, -0.25) is 4.79 Å². The van der Waals surface area contributed by atoms with Crippen LogP contribution in [0.25, 0.3) is 0 Å². The van der Waals surface area contributed by atoms with E-state index in [1.165, 1.54) is 30.1 Å². The van der Waals surface area contributed by atoms with Gasteiger partial charge in [-0.15, -0.1) is 0 Å². The number of hydrogen-bond acceptors (Lipinski definition) is 4. The van der Waals surface area contributed by atoms with Crippen molar-refractivity contribution in [1.82, 2.24) is 4.90 Å². The molecule has 8 heteroatoms. The summed E-state index contributed by atoms with van der Waals surface area (Å²) in [5.41, 5.74) is 6.28. The molecule has 0 bridgehead atoms. The predicted octanol–water partition coefficient (Wildman–Crippen LogP) is 1.20. The highest BCUT2D eigenvalue weighted by Crippen LogP contribution is 2.18. The monoisotopic (exact) mass is 336 g/mol. The summed E-state index contributed by atoms with van der Waals surface area (Å²) >= 11 is 5.89. The minimum Gasteiger partial charge on any atom is -0.340 e. The van der Waals surface area contributed by atoms with Gasteiger partial charge in [-0.25, -0.2) is 12.8 Å². The number of halogens is 2. The number of likely N-dealkylation sites (N-methyl/N-ethyl adjacent to an activating group) is 1. The summed E-state index contributed by atoms with van der Waals surface area (Å²) in [6.07, 6.45) is 1.14. The van der Waals surface area contributed by atoms with Gasteiger partial charge in [0.2, 0.25) is 5.91 Å². The number of amides is 1. The van der Waals surface area contributed by atoms with Crippen molar-refractivity contribution >= 4 is 27.3 Å². The molecule has 0 aliphatic carbocycles. The number of rotatable bonds is 6. The summed E-state index contributed by atoms with van der Waals surface area (Å²) in [6, 6.07) is 3.01. The molecule has 1 amide bonds. The lowest BCUT2D eigenvalue weighted by Crippen LogP contribution is -2.42. The molecule has 0 aliphatic rings. The predicted molar refractivity (Wildman–Crippen MR) is 80.2 cm³/mol. The molecule has 0 spiro atoms. The first-order chi connectivity index (χ1) is 9.60. The van der Waals surface area contributed by atoms with Gasteiger partial charge in [0.05, 0.1) is 11.8 Å². The van der Waals surface area contributed by atoms with Gasteiger partial charge in [0.15, 0.2) is 0 Å². The highest BCUT2D eigenvalue weighted by Gasteiger charge is 2.20. The first-order valence-electron chi connectivity index (χ1n) is 6.22. The average Bonchev–Trinajstić information content (AvgIpc) is 2.37. The molecule has 1 aromatic rings. The van der Waals surface area contributed by atoms with Crippen LogP contribution in [0.2, 0.25) is 5.02 Å². The molecule has 1 rings (SSSR count). The van der Waals surface area contributed by atoms with Gasteiger partial charge >= 0.3 is 0 Å². The molecule has 0 heterocycles. The van der Waals surface area contributed by atoms with E-state index in [1.807, 2.05) is 0 Å². The molecule has 118 valence electrons. The van der Waals surface area contributed by atoms with Gasteiger partial charge in [-0.1, -0.05) is 17.7 Å². The van der Waals surface area contributed by atoms with Crippen molar-refractivity contribution in [2.24, 2.45) is 5.73 Å². The topological polar surface area (TPSA) is 80.5 Å². The number of carbonyl (C=O) groups excluding carboxylic acids is 1. The van der Waals surface area contributed by atoms with Gasteiger partial charge < -0.3 is 10.6 Å². The second-order valence-electron chi connectivity index (χ2n) is 4.96. The van der Waals surface area contributed by atoms with E-state index >= 15 is 0 Å². The molecular weight excluding hydrogens is 319 g/mol. The Morgan fingerprint density at radius 2 is 2.10 bits per heavy atom. The van der Waals surface area contributed by atoms with Crippen molar-refractivity contribution in [2.75, 3.05) is 19.1 Å². The number of nitrogens with zero attached hydrogens (tertiary/aromatic N) is 1. The normalized spacial score (nSPS) is 13.0. The largest absolute Gasteiger partial charge is 0.340 e. The maximum absolute atomic E-state index is 12.9. The molecular formula is C13H18ClFN2O3S. The van der Waals surface area contributed by atoms with E-state index in [4.69, 9.17) is 17.3 Å². The summed E-state index contributed by atoms with van der Waals surface area (Å²) in [6.45, 7) is 0.171. The lowest BCUT2D eigenvalue weighted by molar-refractivity contribution is -0.131. The van der Waals surface area contributed by atoms with Crippen LogP contribution in [-0.2, 0) is 21.2 Å². The molecule has 5 nitrogen and oxygen atoms in total. The lowest BCUT2D eigenvalue weighted by Gasteiger charge is -2.21. The van der Waals surface area contributed by atoms with Crippen LogP contribution in [-0.4, -0.2) is 44.3 Å². The fourth-order valence-electron chi connectivity index (χ4n) is 1.73. The average molecular weight is 337 g/mol. The van der Waals surface area contributed by atoms with Crippen molar-refractivity contribution in [3.63, 3.8) is 0 Å². The molecule has 0 unspecified atom stereocenters. The number of hydrogen-bond donors (Lipinski definition) is 1. The molecule has 0 fully saturated rings. The van der Waals surface area contributed by atoms with Crippen LogP contribution in [0.4, 0.5) is 4.39 Å². The standard InChI is InChI=1S/C13H18ClFN2O3S/c1-17(8-9-3-4-10(15)7-11(9)14)13(18)12(16)5-6-21(2,19)20/h3-4,7,12H,5-6,8,16H2,1-2H3/t12-/m1/s1. The first-order valence-corrected chi connectivity index (χ1v) is 8.66. The minimum absolute atomic E-state index is 0.0547. The van der Waals surface area contributed by atoms with Gasteiger partial charge in [0, 0.05) is 24.9 Å². The molecule has 0 aromatic heterocycles. The zero-order chi connectivity index (χ0) is 16.2. The van der Waals surface area contributed by atoms with Gasteiger partial charge in [0.1, 0.15) is 15.7 Å². The zero-order valence-electron chi connectivity index (χ0n) is 11.8. The molecule has 0 saturated carbocycles. The van der Waals surface area contributed by atoms with E-state index in [1.54, 1.807) is 0 Å². The highest BCUT2D eigenvalue weighted by atomic mass is 35.5. The van der Waals surface area contributed by atoms with Crippen LogP contribution < -0.4 is 5.73 Å². The Balaban J connectivity index is 2.65. The smallest absolute Gasteiger partial charge is 0.239 e. The number of benzene rings is 1. The second-order valence-corrected chi connectivity index (χ2v) is 7.62. The summed E-state index contributed by atoms with van der Waals surface area (Å²) in [5.74, 6) is -0.993. The molecule has 21 heavy (non-hydrogen) atoms. The van der Waals surface area contributed by atoms with Crippen molar-refractivity contribution in [2.45, 2.75) is 19.0 Å². The summed E-state index contributed by atoms with van der Waals surface area (Å²) in [4.78, 5) is 13.4. The number of nitrogens with two attached hydrogens (primary N) is 1. The quantitative estimate of drug-likeness (QED) is 0.846. The van der Waals surface area contributed by atoms with Crippen molar-refractivity contribution in [3.05, 3.63) is 34.6 Å². The van der Waals surface area contributed by atoms with Gasteiger partial charge in [-0.05, 0) is 24.1 Å².